The van der Waals surface area contributed by atoms with Crippen LogP contribution in [0, 0.1) is 0 Å². The van der Waals surface area contributed by atoms with Crippen LogP contribution in [0.2, 0.25) is 0 Å². The van der Waals surface area contributed by atoms with Gasteiger partial charge in [0.1, 0.15) is 4.88 Å². The van der Waals surface area contributed by atoms with Gasteiger partial charge in [-0.2, -0.15) is 0 Å². The molecular weight excluding hydrogens is 396 g/mol. The summed E-state index contributed by atoms with van der Waals surface area (Å²) in [7, 11) is 0. The fraction of sp³-hybridized carbons (Fsp3) is 0.350. The number of nitrogens with one attached hydrogen (secondary N) is 2. The van der Waals surface area contributed by atoms with Crippen LogP contribution in [0.15, 0.2) is 30.3 Å². The zero-order valence-corrected chi connectivity index (χ0v) is 17.6. The molecule has 2 N–H and O–H groups in total. The van der Waals surface area contributed by atoms with Gasteiger partial charge in [0.15, 0.2) is 5.11 Å². The largest absolute Gasteiger partial charge is 0.462 e. The number of amides is 1. The van der Waals surface area contributed by atoms with E-state index < -0.39 is 5.97 Å². The van der Waals surface area contributed by atoms with Gasteiger partial charge in [-0.1, -0.05) is 18.2 Å². The standard InChI is InChI=1S/C20H22N2O4S2/c1-4-25-18(24)16-15(13-11-26-20(2,3)10-14(13)28-16)21-19(27)22-17(23)12-8-6-5-7-9-12/h5-9H,4,10-11H2,1-3H3,(H2,21,22,23,27). The first kappa shape index (κ1) is 20.4. The van der Waals surface area contributed by atoms with Crippen molar-refractivity contribution in [3.8, 4) is 0 Å². The molecule has 2 heterocycles. The van der Waals surface area contributed by atoms with Crippen molar-refractivity contribution in [2.75, 3.05) is 11.9 Å². The van der Waals surface area contributed by atoms with E-state index in [2.05, 4.69) is 10.6 Å². The van der Waals surface area contributed by atoms with E-state index in [-0.39, 0.29) is 23.2 Å². The second kappa shape index (κ2) is 8.38. The van der Waals surface area contributed by atoms with E-state index in [0.717, 1.165) is 10.4 Å². The Morgan fingerprint density at radius 3 is 2.68 bits per heavy atom. The number of anilines is 1. The van der Waals surface area contributed by atoms with Gasteiger partial charge in [0.25, 0.3) is 5.91 Å². The summed E-state index contributed by atoms with van der Waals surface area (Å²) in [6.07, 6.45) is 0.685. The minimum Gasteiger partial charge on any atom is -0.462 e. The molecule has 2 aromatic rings. The topological polar surface area (TPSA) is 76.7 Å². The third-order valence-electron chi connectivity index (χ3n) is 4.25. The molecule has 1 amide bonds. The summed E-state index contributed by atoms with van der Waals surface area (Å²) in [5.74, 6) is -0.739. The fourth-order valence-electron chi connectivity index (χ4n) is 2.90. The van der Waals surface area contributed by atoms with E-state index in [9.17, 15) is 9.59 Å². The van der Waals surface area contributed by atoms with Crippen molar-refractivity contribution in [3.63, 3.8) is 0 Å². The Balaban J connectivity index is 1.83. The third kappa shape index (κ3) is 4.57. The number of fused-ring (bicyclic) bond motifs is 1. The van der Waals surface area contributed by atoms with E-state index in [1.54, 1.807) is 31.2 Å². The predicted octanol–water partition coefficient (Wildman–Crippen LogP) is 3.90. The number of carbonyl (C=O) groups excluding carboxylic acids is 2. The molecule has 3 rings (SSSR count). The smallest absolute Gasteiger partial charge is 0.350 e. The van der Waals surface area contributed by atoms with Gasteiger partial charge in [-0.25, -0.2) is 4.79 Å². The van der Waals surface area contributed by atoms with Gasteiger partial charge in [0.2, 0.25) is 0 Å². The molecule has 6 nitrogen and oxygen atoms in total. The summed E-state index contributed by atoms with van der Waals surface area (Å²) in [6.45, 7) is 6.42. The second-order valence-electron chi connectivity index (χ2n) is 6.93. The van der Waals surface area contributed by atoms with Crippen molar-refractivity contribution in [2.45, 2.75) is 39.4 Å². The van der Waals surface area contributed by atoms with E-state index in [0.29, 0.717) is 29.2 Å². The van der Waals surface area contributed by atoms with Crippen LogP contribution in [0.5, 0.6) is 0 Å². The lowest BCUT2D eigenvalue weighted by atomic mass is 9.98. The molecule has 28 heavy (non-hydrogen) atoms. The van der Waals surface area contributed by atoms with Crippen molar-refractivity contribution >= 4 is 46.2 Å². The number of thiocarbonyl (C=S) groups is 1. The van der Waals surface area contributed by atoms with Crippen LogP contribution >= 0.6 is 23.6 Å². The maximum absolute atomic E-state index is 12.4. The van der Waals surface area contributed by atoms with Gasteiger partial charge in [0.05, 0.1) is 24.5 Å². The Bertz CT molecular complexity index is 906. The Kier molecular flexibility index (Phi) is 6.12. The Hall–Kier alpha value is -2.29. The van der Waals surface area contributed by atoms with Crippen molar-refractivity contribution in [2.24, 2.45) is 0 Å². The molecule has 0 bridgehead atoms. The minimum absolute atomic E-state index is 0.116. The Morgan fingerprint density at radius 2 is 2.00 bits per heavy atom. The lowest BCUT2D eigenvalue weighted by Crippen LogP contribution is -2.35. The number of benzene rings is 1. The van der Waals surface area contributed by atoms with Gasteiger partial charge >= 0.3 is 5.97 Å². The molecule has 0 radical (unpaired) electrons. The highest BCUT2D eigenvalue weighted by Crippen LogP contribution is 2.41. The molecule has 148 valence electrons. The van der Waals surface area contributed by atoms with Crippen molar-refractivity contribution < 1.29 is 19.1 Å². The quantitative estimate of drug-likeness (QED) is 0.579. The third-order valence-corrected chi connectivity index (χ3v) is 5.66. The summed E-state index contributed by atoms with van der Waals surface area (Å²) in [6, 6.07) is 8.78. The van der Waals surface area contributed by atoms with Crippen LogP contribution in [0.4, 0.5) is 5.69 Å². The lowest BCUT2D eigenvalue weighted by Gasteiger charge is -2.30. The van der Waals surface area contributed by atoms with E-state index >= 15 is 0 Å². The second-order valence-corrected chi connectivity index (χ2v) is 8.44. The monoisotopic (exact) mass is 418 g/mol. The van der Waals surface area contributed by atoms with Crippen LogP contribution < -0.4 is 10.6 Å². The number of thiophene rings is 1. The molecule has 0 unspecified atom stereocenters. The number of esters is 1. The van der Waals surface area contributed by atoms with Crippen LogP contribution in [0.25, 0.3) is 0 Å². The molecule has 1 aliphatic heterocycles. The average Bonchev–Trinajstić information content (AvgIpc) is 2.98. The molecule has 8 heteroatoms. The van der Waals surface area contributed by atoms with Gasteiger partial charge in [0, 0.05) is 22.4 Å². The number of hydrogen-bond donors (Lipinski definition) is 2. The SMILES string of the molecule is CCOC(=O)c1sc2c(c1NC(=S)NC(=O)c1ccccc1)COC(C)(C)C2. The molecule has 0 aliphatic carbocycles. The normalized spacial score (nSPS) is 14.7. The molecule has 0 atom stereocenters. The van der Waals surface area contributed by atoms with Crippen LogP contribution in [-0.2, 0) is 22.5 Å². The maximum Gasteiger partial charge on any atom is 0.350 e. The van der Waals surface area contributed by atoms with Crippen LogP contribution in [0.1, 0.15) is 51.2 Å². The summed E-state index contributed by atoms with van der Waals surface area (Å²) in [5, 5.41) is 5.78. The highest BCUT2D eigenvalue weighted by molar-refractivity contribution is 7.80. The van der Waals surface area contributed by atoms with E-state index in [1.165, 1.54) is 11.3 Å². The summed E-state index contributed by atoms with van der Waals surface area (Å²) >= 11 is 6.69. The number of hydrogen-bond acceptors (Lipinski definition) is 6. The van der Waals surface area contributed by atoms with Gasteiger partial charge in [-0.15, -0.1) is 11.3 Å². The molecule has 1 aromatic carbocycles. The molecule has 0 spiro atoms. The number of rotatable bonds is 4. The minimum atomic E-state index is -0.417. The summed E-state index contributed by atoms with van der Waals surface area (Å²) in [5.41, 5.74) is 1.62. The van der Waals surface area contributed by atoms with Crippen LogP contribution in [-0.4, -0.2) is 29.2 Å². The van der Waals surface area contributed by atoms with E-state index in [1.807, 2.05) is 19.9 Å². The fourth-order valence-corrected chi connectivity index (χ4v) is 4.46. The zero-order chi connectivity index (χ0) is 20.3. The zero-order valence-electron chi connectivity index (χ0n) is 16.0. The first-order valence-electron chi connectivity index (χ1n) is 8.93. The average molecular weight is 419 g/mol. The van der Waals surface area contributed by atoms with E-state index in [4.69, 9.17) is 21.7 Å². The molecule has 1 aliphatic rings. The molecule has 0 saturated heterocycles. The van der Waals surface area contributed by atoms with Crippen molar-refractivity contribution in [1.29, 1.82) is 0 Å². The molecule has 0 fully saturated rings. The molecular formula is C20H22N2O4S2. The number of carbonyl (C=O) groups is 2. The highest BCUT2D eigenvalue weighted by Gasteiger charge is 2.33. The Labute approximate surface area is 173 Å². The lowest BCUT2D eigenvalue weighted by molar-refractivity contribution is -0.0385. The first-order chi connectivity index (χ1) is 13.3. The number of ether oxygens (including phenoxy) is 2. The Morgan fingerprint density at radius 1 is 1.29 bits per heavy atom. The first-order valence-corrected chi connectivity index (χ1v) is 10.2. The highest BCUT2D eigenvalue weighted by atomic mass is 32.1. The predicted molar refractivity (Wildman–Crippen MR) is 113 cm³/mol. The van der Waals surface area contributed by atoms with Crippen molar-refractivity contribution in [3.05, 3.63) is 51.2 Å². The van der Waals surface area contributed by atoms with Gasteiger partial charge in [-0.05, 0) is 45.1 Å². The summed E-state index contributed by atoms with van der Waals surface area (Å²) in [4.78, 5) is 26.3. The summed E-state index contributed by atoms with van der Waals surface area (Å²) < 4.78 is 11.1. The molecule has 0 saturated carbocycles. The maximum atomic E-state index is 12.4. The van der Waals surface area contributed by atoms with Crippen LogP contribution in [0.3, 0.4) is 0 Å². The molecule has 1 aromatic heterocycles. The van der Waals surface area contributed by atoms with Crippen molar-refractivity contribution in [1.82, 2.24) is 5.32 Å². The van der Waals surface area contributed by atoms with Gasteiger partial charge in [-0.3, -0.25) is 10.1 Å². The van der Waals surface area contributed by atoms with Gasteiger partial charge < -0.3 is 14.8 Å².